The second kappa shape index (κ2) is 8.70. The Morgan fingerprint density at radius 3 is 2.54 bits per heavy atom. The van der Waals surface area contributed by atoms with Crippen LogP contribution in [0.3, 0.4) is 0 Å². The zero-order valence-electron chi connectivity index (χ0n) is 14.9. The summed E-state index contributed by atoms with van der Waals surface area (Å²) in [6.07, 6.45) is 0. The van der Waals surface area contributed by atoms with E-state index in [1.807, 2.05) is 54.6 Å². The van der Waals surface area contributed by atoms with Crippen molar-refractivity contribution in [3.05, 3.63) is 77.4 Å². The number of carbonyl (C=O) groups is 1. The molecule has 0 heterocycles. The average molecular weight is 371 g/mol. The van der Waals surface area contributed by atoms with Gasteiger partial charge in [-0.3, -0.25) is 4.79 Å². The first-order chi connectivity index (χ1) is 12.1. The Bertz CT molecular complexity index is 911. The van der Waals surface area contributed by atoms with Crippen molar-refractivity contribution in [2.75, 3.05) is 13.7 Å². The Balaban J connectivity index is 0.00000243. The van der Waals surface area contributed by atoms with Crippen LogP contribution in [0.25, 0.3) is 10.8 Å². The topological polar surface area (TPSA) is 64.3 Å². The number of halogens is 1. The van der Waals surface area contributed by atoms with Crippen molar-refractivity contribution in [2.45, 2.75) is 13.0 Å². The SMILES string of the molecule is COc1ccccc1[C@@H](N)CNC(=O)c1ccc2cc(C)ccc2c1.Cl. The molecule has 3 rings (SSSR count). The smallest absolute Gasteiger partial charge is 0.251 e. The van der Waals surface area contributed by atoms with Crippen LogP contribution in [0.2, 0.25) is 0 Å². The molecular weight excluding hydrogens is 348 g/mol. The molecule has 1 atom stereocenters. The van der Waals surface area contributed by atoms with Gasteiger partial charge in [-0.1, -0.05) is 48.0 Å². The van der Waals surface area contributed by atoms with Crippen LogP contribution in [0.5, 0.6) is 5.75 Å². The zero-order chi connectivity index (χ0) is 17.8. The molecular formula is C21H23ClN2O2. The quantitative estimate of drug-likeness (QED) is 0.713. The molecule has 3 N–H and O–H groups in total. The first-order valence-electron chi connectivity index (χ1n) is 8.25. The second-order valence-electron chi connectivity index (χ2n) is 6.12. The summed E-state index contributed by atoms with van der Waals surface area (Å²) in [6, 6.07) is 19.1. The van der Waals surface area contributed by atoms with E-state index < -0.39 is 0 Å². The number of nitrogens with one attached hydrogen (secondary N) is 1. The highest BCUT2D eigenvalue weighted by Gasteiger charge is 2.13. The predicted octanol–water partition coefficient (Wildman–Crippen LogP) is 4.01. The summed E-state index contributed by atoms with van der Waals surface area (Å²) < 4.78 is 5.32. The van der Waals surface area contributed by atoms with Crippen molar-refractivity contribution in [2.24, 2.45) is 5.73 Å². The normalized spacial score (nSPS) is 11.5. The summed E-state index contributed by atoms with van der Waals surface area (Å²) in [5.74, 6) is 0.596. The number of hydrogen-bond acceptors (Lipinski definition) is 3. The van der Waals surface area contributed by atoms with E-state index in [0.717, 1.165) is 22.1 Å². The Labute approximate surface area is 159 Å². The van der Waals surface area contributed by atoms with E-state index in [2.05, 4.69) is 18.3 Å². The molecule has 0 aliphatic heterocycles. The summed E-state index contributed by atoms with van der Waals surface area (Å²) in [4.78, 5) is 12.4. The second-order valence-corrected chi connectivity index (χ2v) is 6.12. The molecule has 0 bridgehead atoms. The first-order valence-corrected chi connectivity index (χ1v) is 8.25. The van der Waals surface area contributed by atoms with Gasteiger partial charge in [0.1, 0.15) is 5.75 Å². The Morgan fingerprint density at radius 1 is 1.08 bits per heavy atom. The van der Waals surface area contributed by atoms with Gasteiger partial charge in [-0.25, -0.2) is 0 Å². The average Bonchev–Trinajstić information content (AvgIpc) is 2.65. The molecule has 0 fully saturated rings. The van der Waals surface area contributed by atoms with Crippen LogP contribution < -0.4 is 15.8 Å². The third-order valence-corrected chi connectivity index (χ3v) is 4.28. The van der Waals surface area contributed by atoms with E-state index in [0.29, 0.717) is 12.1 Å². The lowest BCUT2D eigenvalue weighted by Gasteiger charge is -2.16. The van der Waals surface area contributed by atoms with Gasteiger partial charge in [0.25, 0.3) is 5.91 Å². The molecule has 3 aromatic carbocycles. The Kier molecular flexibility index (Phi) is 6.61. The minimum atomic E-state index is -0.330. The van der Waals surface area contributed by atoms with Gasteiger partial charge in [0.2, 0.25) is 0 Å². The van der Waals surface area contributed by atoms with E-state index in [1.54, 1.807) is 7.11 Å². The van der Waals surface area contributed by atoms with Gasteiger partial charge in [-0.05, 0) is 35.9 Å². The fourth-order valence-corrected chi connectivity index (χ4v) is 2.89. The van der Waals surface area contributed by atoms with Crippen molar-refractivity contribution in [1.29, 1.82) is 0 Å². The van der Waals surface area contributed by atoms with Gasteiger partial charge in [0.05, 0.1) is 13.2 Å². The number of ether oxygens (including phenoxy) is 1. The number of nitrogens with two attached hydrogens (primary N) is 1. The molecule has 0 saturated heterocycles. The van der Waals surface area contributed by atoms with Crippen LogP contribution in [0.1, 0.15) is 27.5 Å². The number of fused-ring (bicyclic) bond motifs is 1. The highest BCUT2D eigenvalue weighted by Crippen LogP contribution is 2.23. The van der Waals surface area contributed by atoms with Crippen molar-refractivity contribution < 1.29 is 9.53 Å². The maximum atomic E-state index is 12.4. The molecule has 0 aliphatic rings. The standard InChI is InChI=1S/C21H22N2O2.ClH/c1-14-7-8-16-12-17(10-9-15(16)11-14)21(24)23-13-19(22)18-5-3-4-6-20(18)25-2;/h3-12,19H,13,22H2,1-2H3,(H,23,24);1H/t19-;/m0./s1. The van der Waals surface area contributed by atoms with E-state index in [9.17, 15) is 4.79 Å². The molecule has 0 spiro atoms. The van der Waals surface area contributed by atoms with Gasteiger partial charge in [-0.15, -0.1) is 12.4 Å². The number of para-hydroxylation sites is 1. The van der Waals surface area contributed by atoms with Gasteiger partial charge in [-0.2, -0.15) is 0 Å². The van der Waals surface area contributed by atoms with E-state index in [-0.39, 0.29) is 24.4 Å². The third-order valence-electron chi connectivity index (χ3n) is 4.28. The molecule has 0 aliphatic carbocycles. The van der Waals surface area contributed by atoms with Crippen molar-refractivity contribution >= 4 is 29.1 Å². The fourth-order valence-electron chi connectivity index (χ4n) is 2.89. The van der Waals surface area contributed by atoms with Crippen LogP contribution in [-0.4, -0.2) is 19.6 Å². The van der Waals surface area contributed by atoms with Crippen LogP contribution in [0, 0.1) is 6.92 Å². The van der Waals surface area contributed by atoms with Crippen LogP contribution >= 0.6 is 12.4 Å². The van der Waals surface area contributed by atoms with E-state index in [1.165, 1.54) is 5.56 Å². The molecule has 136 valence electrons. The van der Waals surface area contributed by atoms with Gasteiger partial charge in [0.15, 0.2) is 0 Å². The van der Waals surface area contributed by atoms with Crippen molar-refractivity contribution in [3.8, 4) is 5.75 Å². The summed E-state index contributed by atoms with van der Waals surface area (Å²) >= 11 is 0. The van der Waals surface area contributed by atoms with Crippen LogP contribution in [0.15, 0.2) is 60.7 Å². The number of rotatable bonds is 5. The highest BCUT2D eigenvalue weighted by molar-refractivity contribution is 5.98. The van der Waals surface area contributed by atoms with Crippen molar-refractivity contribution in [1.82, 2.24) is 5.32 Å². The lowest BCUT2D eigenvalue weighted by Crippen LogP contribution is -2.32. The first kappa shape index (κ1) is 19.8. The summed E-state index contributed by atoms with van der Waals surface area (Å²) in [6.45, 7) is 2.39. The summed E-state index contributed by atoms with van der Waals surface area (Å²) in [5, 5.41) is 5.08. The number of amides is 1. The van der Waals surface area contributed by atoms with Gasteiger partial charge >= 0.3 is 0 Å². The number of benzene rings is 3. The molecule has 4 nitrogen and oxygen atoms in total. The van der Waals surface area contributed by atoms with E-state index >= 15 is 0 Å². The zero-order valence-corrected chi connectivity index (χ0v) is 15.7. The molecule has 0 radical (unpaired) electrons. The maximum Gasteiger partial charge on any atom is 0.251 e. The predicted molar refractivity (Wildman–Crippen MR) is 108 cm³/mol. The number of methoxy groups -OCH3 is 1. The molecule has 0 aromatic heterocycles. The highest BCUT2D eigenvalue weighted by atomic mass is 35.5. The maximum absolute atomic E-state index is 12.4. The number of hydrogen-bond donors (Lipinski definition) is 2. The molecule has 3 aromatic rings. The number of carbonyl (C=O) groups excluding carboxylic acids is 1. The lowest BCUT2D eigenvalue weighted by molar-refractivity contribution is 0.0951. The van der Waals surface area contributed by atoms with Gasteiger partial charge < -0.3 is 15.8 Å². The number of aryl methyl sites for hydroxylation is 1. The molecule has 0 unspecified atom stereocenters. The summed E-state index contributed by atoms with van der Waals surface area (Å²) in [5.41, 5.74) is 8.91. The van der Waals surface area contributed by atoms with E-state index in [4.69, 9.17) is 10.5 Å². The molecule has 0 saturated carbocycles. The lowest BCUT2D eigenvalue weighted by atomic mass is 10.0. The minimum absolute atomic E-state index is 0. The largest absolute Gasteiger partial charge is 0.496 e. The van der Waals surface area contributed by atoms with Gasteiger partial charge in [0, 0.05) is 17.7 Å². The molecule has 5 heteroatoms. The monoisotopic (exact) mass is 370 g/mol. The van der Waals surface area contributed by atoms with Crippen LogP contribution in [0.4, 0.5) is 0 Å². The molecule has 1 amide bonds. The fraction of sp³-hybridized carbons (Fsp3) is 0.190. The third kappa shape index (κ3) is 4.34. The molecule has 26 heavy (non-hydrogen) atoms. The Hall–Kier alpha value is -2.56. The van der Waals surface area contributed by atoms with Crippen molar-refractivity contribution in [3.63, 3.8) is 0 Å². The minimum Gasteiger partial charge on any atom is -0.496 e. The van der Waals surface area contributed by atoms with Crippen LogP contribution in [-0.2, 0) is 0 Å². The Morgan fingerprint density at radius 2 is 1.77 bits per heavy atom. The summed E-state index contributed by atoms with van der Waals surface area (Å²) in [7, 11) is 1.61.